The number of rotatable bonds is 4. The highest BCUT2D eigenvalue weighted by Gasteiger charge is 2.21. The fourth-order valence-electron chi connectivity index (χ4n) is 2.91. The van der Waals surface area contributed by atoms with Gasteiger partial charge >= 0.3 is 0 Å². The predicted octanol–water partition coefficient (Wildman–Crippen LogP) is 2.79. The molecule has 1 aliphatic heterocycles. The summed E-state index contributed by atoms with van der Waals surface area (Å²) in [5.74, 6) is 0.753. The van der Waals surface area contributed by atoms with Gasteiger partial charge in [-0.3, -0.25) is 9.59 Å². The second kappa shape index (κ2) is 6.74. The van der Waals surface area contributed by atoms with Crippen molar-refractivity contribution in [3.05, 3.63) is 53.6 Å². The predicted molar refractivity (Wildman–Crippen MR) is 93.5 cm³/mol. The first-order valence-corrected chi connectivity index (χ1v) is 7.89. The molecular weight excluding hydrogens is 304 g/mol. The molecule has 124 valence electrons. The van der Waals surface area contributed by atoms with Crippen molar-refractivity contribution in [1.82, 2.24) is 0 Å². The van der Waals surface area contributed by atoms with Gasteiger partial charge in [-0.1, -0.05) is 18.2 Å². The van der Waals surface area contributed by atoms with Gasteiger partial charge in [-0.05, 0) is 35.7 Å². The zero-order valence-corrected chi connectivity index (χ0v) is 13.8. The molecule has 0 aromatic heterocycles. The fourth-order valence-corrected chi connectivity index (χ4v) is 2.91. The van der Waals surface area contributed by atoms with Gasteiger partial charge in [-0.15, -0.1) is 0 Å². The number of carbonyl (C=O) groups is 2. The molecule has 3 rings (SSSR count). The molecule has 24 heavy (non-hydrogen) atoms. The molecule has 1 heterocycles. The fraction of sp³-hybridized carbons (Fsp3) is 0.263. The van der Waals surface area contributed by atoms with E-state index in [2.05, 4.69) is 5.32 Å². The van der Waals surface area contributed by atoms with Gasteiger partial charge in [-0.2, -0.15) is 0 Å². The maximum atomic E-state index is 12.2. The minimum absolute atomic E-state index is 0.0801. The van der Waals surface area contributed by atoms with Crippen LogP contribution in [0, 0.1) is 0 Å². The Hall–Kier alpha value is -2.82. The highest BCUT2D eigenvalue weighted by atomic mass is 16.5. The molecule has 0 atom stereocenters. The van der Waals surface area contributed by atoms with E-state index in [9.17, 15) is 9.59 Å². The van der Waals surface area contributed by atoms with E-state index >= 15 is 0 Å². The van der Waals surface area contributed by atoms with Crippen molar-refractivity contribution >= 4 is 23.2 Å². The molecule has 5 nitrogen and oxygen atoms in total. The molecule has 0 fully saturated rings. The number of amides is 2. The Kier molecular flexibility index (Phi) is 4.51. The Morgan fingerprint density at radius 2 is 2.04 bits per heavy atom. The number of carbonyl (C=O) groups excluding carboxylic acids is 2. The molecule has 2 amide bonds. The van der Waals surface area contributed by atoms with Crippen LogP contribution in [0.3, 0.4) is 0 Å². The number of ether oxygens (including phenoxy) is 1. The summed E-state index contributed by atoms with van der Waals surface area (Å²) in [4.78, 5) is 25.7. The molecule has 0 saturated carbocycles. The van der Waals surface area contributed by atoms with Gasteiger partial charge in [0, 0.05) is 30.9 Å². The van der Waals surface area contributed by atoms with Crippen molar-refractivity contribution in [2.24, 2.45) is 0 Å². The number of aryl methyl sites for hydroxylation is 1. The second-order valence-corrected chi connectivity index (χ2v) is 5.87. The minimum atomic E-state index is -0.0801. The highest BCUT2D eigenvalue weighted by molar-refractivity contribution is 5.96. The summed E-state index contributed by atoms with van der Waals surface area (Å²) in [5, 5.41) is 2.88. The lowest BCUT2D eigenvalue weighted by atomic mass is 9.98. The third kappa shape index (κ3) is 3.40. The molecule has 2 aromatic carbocycles. The summed E-state index contributed by atoms with van der Waals surface area (Å²) in [5.41, 5.74) is 3.70. The number of nitrogens with zero attached hydrogens (tertiary/aromatic N) is 1. The number of fused-ring (bicyclic) bond motifs is 1. The van der Waals surface area contributed by atoms with Crippen LogP contribution >= 0.6 is 0 Å². The molecule has 1 N–H and O–H groups in total. The van der Waals surface area contributed by atoms with E-state index in [1.807, 2.05) is 36.4 Å². The van der Waals surface area contributed by atoms with Crippen LogP contribution in [0.25, 0.3) is 0 Å². The topological polar surface area (TPSA) is 58.6 Å². The van der Waals surface area contributed by atoms with Crippen molar-refractivity contribution in [1.29, 1.82) is 0 Å². The Bertz CT molecular complexity index is 786. The monoisotopic (exact) mass is 324 g/mol. The average Bonchev–Trinajstić information content (AvgIpc) is 2.58. The van der Waals surface area contributed by atoms with E-state index in [-0.39, 0.29) is 11.8 Å². The molecule has 2 aromatic rings. The maximum absolute atomic E-state index is 12.2. The van der Waals surface area contributed by atoms with Crippen molar-refractivity contribution in [3.63, 3.8) is 0 Å². The Morgan fingerprint density at radius 3 is 2.83 bits per heavy atom. The normalized spacial score (nSPS) is 13.4. The van der Waals surface area contributed by atoms with Crippen LogP contribution in [0.5, 0.6) is 5.75 Å². The van der Waals surface area contributed by atoms with Crippen molar-refractivity contribution in [2.45, 2.75) is 19.3 Å². The van der Waals surface area contributed by atoms with Gasteiger partial charge in [0.05, 0.1) is 13.5 Å². The van der Waals surface area contributed by atoms with Crippen LogP contribution in [0.15, 0.2) is 42.5 Å². The van der Waals surface area contributed by atoms with E-state index in [1.165, 1.54) is 0 Å². The van der Waals surface area contributed by atoms with E-state index in [0.717, 1.165) is 23.2 Å². The van der Waals surface area contributed by atoms with Crippen LogP contribution < -0.4 is 15.0 Å². The number of methoxy groups -OCH3 is 1. The molecule has 0 aliphatic carbocycles. The quantitative estimate of drug-likeness (QED) is 0.941. The summed E-state index contributed by atoms with van der Waals surface area (Å²) < 4.78 is 5.15. The zero-order chi connectivity index (χ0) is 17.1. The van der Waals surface area contributed by atoms with Gasteiger partial charge in [0.1, 0.15) is 5.75 Å². The first-order valence-electron chi connectivity index (χ1n) is 7.89. The maximum Gasteiger partial charge on any atom is 0.228 e. The summed E-state index contributed by atoms with van der Waals surface area (Å²) in [7, 11) is 3.38. The van der Waals surface area contributed by atoms with E-state index < -0.39 is 0 Å². The number of benzene rings is 2. The first kappa shape index (κ1) is 16.1. The zero-order valence-electron chi connectivity index (χ0n) is 13.8. The number of anilines is 2. The second-order valence-electron chi connectivity index (χ2n) is 5.87. The Balaban J connectivity index is 1.69. The lowest BCUT2D eigenvalue weighted by Gasteiger charge is -2.26. The minimum Gasteiger partial charge on any atom is -0.497 e. The van der Waals surface area contributed by atoms with Crippen molar-refractivity contribution in [3.8, 4) is 5.75 Å². The highest BCUT2D eigenvalue weighted by Crippen LogP contribution is 2.27. The molecule has 0 radical (unpaired) electrons. The van der Waals surface area contributed by atoms with Gasteiger partial charge in [0.25, 0.3) is 0 Å². The van der Waals surface area contributed by atoms with Crippen LogP contribution in [0.4, 0.5) is 11.4 Å². The first-order chi connectivity index (χ1) is 11.6. The third-order valence-corrected chi connectivity index (χ3v) is 4.21. The summed E-state index contributed by atoms with van der Waals surface area (Å²) in [6.07, 6.45) is 1.54. The third-order valence-electron chi connectivity index (χ3n) is 4.21. The van der Waals surface area contributed by atoms with Crippen molar-refractivity contribution < 1.29 is 14.3 Å². The van der Waals surface area contributed by atoms with Crippen LogP contribution in [0.2, 0.25) is 0 Å². The Labute approximate surface area is 141 Å². The smallest absolute Gasteiger partial charge is 0.228 e. The van der Waals surface area contributed by atoms with E-state index in [4.69, 9.17) is 4.74 Å². The summed E-state index contributed by atoms with van der Waals surface area (Å²) >= 11 is 0. The van der Waals surface area contributed by atoms with Crippen LogP contribution in [-0.2, 0) is 22.4 Å². The number of hydrogen-bond donors (Lipinski definition) is 1. The SMILES string of the molecule is COc1cccc(NC(=O)Cc2ccc3c(c2)CCC(=O)N3C)c1. The van der Waals surface area contributed by atoms with Gasteiger partial charge in [0.2, 0.25) is 11.8 Å². The molecule has 0 unspecified atom stereocenters. The van der Waals surface area contributed by atoms with E-state index in [1.54, 1.807) is 25.1 Å². The summed E-state index contributed by atoms with van der Waals surface area (Å²) in [6.45, 7) is 0. The largest absolute Gasteiger partial charge is 0.497 e. The average molecular weight is 324 g/mol. The van der Waals surface area contributed by atoms with Crippen molar-refractivity contribution in [2.75, 3.05) is 24.4 Å². The molecule has 5 heteroatoms. The van der Waals surface area contributed by atoms with Gasteiger partial charge < -0.3 is 15.0 Å². The number of nitrogens with one attached hydrogen (secondary N) is 1. The Morgan fingerprint density at radius 1 is 1.21 bits per heavy atom. The van der Waals surface area contributed by atoms with Crippen LogP contribution in [-0.4, -0.2) is 26.0 Å². The molecular formula is C19H20N2O3. The van der Waals surface area contributed by atoms with Gasteiger partial charge in [-0.25, -0.2) is 0 Å². The lowest BCUT2D eigenvalue weighted by Crippen LogP contribution is -2.31. The van der Waals surface area contributed by atoms with Gasteiger partial charge in [0.15, 0.2) is 0 Å². The molecule has 0 saturated heterocycles. The number of hydrogen-bond acceptors (Lipinski definition) is 3. The van der Waals surface area contributed by atoms with Crippen LogP contribution in [0.1, 0.15) is 17.5 Å². The molecule has 0 bridgehead atoms. The molecule has 1 aliphatic rings. The molecule has 0 spiro atoms. The summed E-state index contributed by atoms with van der Waals surface area (Å²) in [6, 6.07) is 13.1. The van der Waals surface area contributed by atoms with E-state index in [0.29, 0.717) is 24.3 Å². The lowest BCUT2D eigenvalue weighted by molar-refractivity contribution is -0.118. The standard InChI is InChI=1S/C19H20N2O3/c1-21-17-8-6-13(10-14(17)7-9-19(21)23)11-18(22)20-15-4-3-5-16(12-15)24-2/h3-6,8,10,12H,7,9,11H2,1-2H3,(H,20,22).